The fraction of sp³-hybridized carbons (Fsp3) is 0.727. The number of methoxy groups -OCH3 is 1. The van der Waals surface area contributed by atoms with Gasteiger partial charge in [-0.3, -0.25) is 4.68 Å². The van der Waals surface area contributed by atoms with Gasteiger partial charge in [-0.1, -0.05) is 0 Å². The maximum atomic E-state index is 6.06. The highest BCUT2D eigenvalue weighted by Gasteiger charge is 2.20. The highest BCUT2D eigenvalue weighted by molar-refractivity contribution is 5.06. The van der Waals surface area contributed by atoms with E-state index in [-0.39, 0.29) is 11.6 Å². The number of rotatable bonds is 5. The Balaban J connectivity index is 2.46. The second-order valence-electron chi connectivity index (χ2n) is 4.65. The third-order valence-electron chi connectivity index (χ3n) is 2.56. The van der Waals surface area contributed by atoms with Gasteiger partial charge < -0.3 is 10.5 Å². The highest BCUT2D eigenvalue weighted by atomic mass is 16.5. The van der Waals surface area contributed by atoms with Crippen molar-refractivity contribution < 1.29 is 4.74 Å². The van der Waals surface area contributed by atoms with Crippen LogP contribution in [0.25, 0.3) is 0 Å². The predicted molar refractivity (Wildman–Crippen MR) is 60.6 cm³/mol. The van der Waals surface area contributed by atoms with E-state index >= 15 is 0 Å². The minimum absolute atomic E-state index is 0.115. The van der Waals surface area contributed by atoms with Gasteiger partial charge in [-0.05, 0) is 32.3 Å². The van der Waals surface area contributed by atoms with Crippen molar-refractivity contribution in [3.05, 3.63) is 18.0 Å². The van der Waals surface area contributed by atoms with E-state index in [0.717, 1.165) is 12.8 Å². The molecule has 1 heterocycles. The fourth-order valence-electron chi connectivity index (χ4n) is 1.67. The lowest BCUT2D eigenvalue weighted by Gasteiger charge is -2.26. The molecule has 1 aromatic heterocycles. The molecule has 0 aliphatic rings. The standard InChI is InChI=1S/C11H21N3O/c1-11(2,15-4)6-10(12)5-9-7-13-14(3)8-9/h7-8,10H,5-6,12H2,1-4H3. The van der Waals surface area contributed by atoms with E-state index in [2.05, 4.69) is 18.9 Å². The molecule has 1 rings (SSSR count). The van der Waals surface area contributed by atoms with Crippen LogP contribution in [-0.2, 0) is 18.2 Å². The third-order valence-corrected chi connectivity index (χ3v) is 2.56. The Morgan fingerprint density at radius 3 is 2.73 bits per heavy atom. The highest BCUT2D eigenvalue weighted by Crippen LogP contribution is 2.16. The van der Waals surface area contributed by atoms with Gasteiger partial charge in [-0.15, -0.1) is 0 Å². The Hall–Kier alpha value is -0.870. The molecule has 0 aliphatic heterocycles. The van der Waals surface area contributed by atoms with Crippen molar-refractivity contribution in [3.8, 4) is 0 Å². The van der Waals surface area contributed by atoms with Crippen LogP contribution in [0.3, 0.4) is 0 Å². The van der Waals surface area contributed by atoms with E-state index < -0.39 is 0 Å². The number of ether oxygens (including phenoxy) is 1. The zero-order valence-electron chi connectivity index (χ0n) is 10.0. The number of nitrogens with two attached hydrogens (primary N) is 1. The van der Waals surface area contributed by atoms with Crippen molar-refractivity contribution in [2.75, 3.05) is 7.11 Å². The van der Waals surface area contributed by atoms with E-state index in [1.54, 1.807) is 11.8 Å². The first kappa shape index (κ1) is 12.2. The molecule has 4 nitrogen and oxygen atoms in total. The summed E-state index contributed by atoms with van der Waals surface area (Å²) >= 11 is 0. The molecule has 0 saturated heterocycles. The van der Waals surface area contributed by atoms with Gasteiger partial charge in [0.15, 0.2) is 0 Å². The summed E-state index contributed by atoms with van der Waals surface area (Å²) in [4.78, 5) is 0. The zero-order valence-corrected chi connectivity index (χ0v) is 10.0. The van der Waals surface area contributed by atoms with Gasteiger partial charge in [0.1, 0.15) is 0 Å². The summed E-state index contributed by atoms with van der Waals surface area (Å²) in [6, 6.07) is 0.115. The normalized spacial score (nSPS) is 14.2. The van der Waals surface area contributed by atoms with Crippen LogP contribution < -0.4 is 5.73 Å². The molecule has 2 N–H and O–H groups in total. The van der Waals surface area contributed by atoms with Gasteiger partial charge in [0.25, 0.3) is 0 Å². The molecule has 0 radical (unpaired) electrons. The molecule has 15 heavy (non-hydrogen) atoms. The van der Waals surface area contributed by atoms with E-state index in [0.29, 0.717) is 0 Å². The van der Waals surface area contributed by atoms with Crippen LogP contribution in [-0.4, -0.2) is 28.5 Å². The second kappa shape index (κ2) is 4.77. The summed E-state index contributed by atoms with van der Waals surface area (Å²) in [5, 5.41) is 4.12. The first-order chi connectivity index (χ1) is 6.93. The first-order valence-corrected chi connectivity index (χ1v) is 5.21. The summed E-state index contributed by atoms with van der Waals surface area (Å²) in [5.74, 6) is 0. The Morgan fingerprint density at radius 2 is 2.27 bits per heavy atom. The smallest absolute Gasteiger partial charge is 0.0637 e. The van der Waals surface area contributed by atoms with Gasteiger partial charge in [0.2, 0.25) is 0 Å². The van der Waals surface area contributed by atoms with E-state index in [9.17, 15) is 0 Å². The summed E-state index contributed by atoms with van der Waals surface area (Å²) < 4.78 is 7.15. The van der Waals surface area contributed by atoms with Crippen molar-refractivity contribution in [3.63, 3.8) is 0 Å². The van der Waals surface area contributed by atoms with Crippen LogP contribution in [0.4, 0.5) is 0 Å². The molecule has 4 heteroatoms. The van der Waals surface area contributed by atoms with Crippen molar-refractivity contribution in [2.45, 2.75) is 38.3 Å². The Labute approximate surface area is 91.4 Å². The van der Waals surface area contributed by atoms with Crippen molar-refractivity contribution in [2.24, 2.45) is 12.8 Å². The van der Waals surface area contributed by atoms with Crippen LogP contribution >= 0.6 is 0 Å². The summed E-state index contributed by atoms with van der Waals surface area (Å²) in [5.41, 5.74) is 7.09. The molecular formula is C11H21N3O. The van der Waals surface area contributed by atoms with Crippen LogP contribution in [0.1, 0.15) is 25.8 Å². The maximum absolute atomic E-state index is 6.06. The maximum Gasteiger partial charge on any atom is 0.0637 e. The molecule has 0 aromatic carbocycles. The summed E-state index contributed by atoms with van der Waals surface area (Å²) in [6.45, 7) is 4.10. The number of nitrogens with zero attached hydrogens (tertiary/aromatic N) is 2. The van der Waals surface area contributed by atoms with Gasteiger partial charge >= 0.3 is 0 Å². The van der Waals surface area contributed by atoms with Gasteiger partial charge in [0, 0.05) is 26.4 Å². The average molecular weight is 211 g/mol. The molecule has 0 saturated carbocycles. The lowest BCUT2D eigenvalue weighted by atomic mass is 9.96. The van der Waals surface area contributed by atoms with E-state index in [1.165, 1.54) is 5.56 Å². The predicted octanol–water partition coefficient (Wildman–Crippen LogP) is 1.10. The molecule has 0 fully saturated rings. The largest absolute Gasteiger partial charge is 0.379 e. The van der Waals surface area contributed by atoms with Gasteiger partial charge in [-0.25, -0.2) is 0 Å². The number of aromatic nitrogens is 2. The minimum atomic E-state index is -0.151. The third kappa shape index (κ3) is 4.01. The second-order valence-corrected chi connectivity index (χ2v) is 4.65. The van der Waals surface area contributed by atoms with Crippen LogP contribution in [0.2, 0.25) is 0 Å². The molecule has 0 bridgehead atoms. The summed E-state index contributed by atoms with van der Waals surface area (Å²) in [7, 11) is 3.63. The fourth-order valence-corrected chi connectivity index (χ4v) is 1.67. The monoisotopic (exact) mass is 211 g/mol. The Morgan fingerprint density at radius 1 is 1.60 bits per heavy atom. The van der Waals surface area contributed by atoms with Crippen molar-refractivity contribution >= 4 is 0 Å². The molecule has 0 spiro atoms. The molecular weight excluding hydrogens is 190 g/mol. The average Bonchev–Trinajstić information content (AvgIpc) is 2.50. The quantitative estimate of drug-likeness (QED) is 0.793. The first-order valence-electron chi connectivity index (χ1n) is 5.21. The zero-order chi connectivity index (χ0) is 11.5. The molecule has 1 unspecified atom stereocenters. The number of hydrogen-bond donors (Lipinski definition) is 1. The van der Waals surface area contributed by atoms with Crippen LogP contribution in [0.15, 0.2) is 12.4 Å². The number of hydrogen-bond acceptors (Lipinski definition) is 3. The summed E-state index contributed by atoms with van der Waals surface area (Å²) in [6.07, 6.45) is 5.55. The van der Waals surface area contributed by atoms with Crippen molar-refractivity contribution in [1.82, 2.24) is 9.78 Å². The lowest BCUT2D eigenvalue weighted by molar-refractivity contribution is 0.0102. The molecule has 1 aromatic rings. The van der Waals surface area contributed by atoms with E-state index in [1.807, 2.05) is 19.4 Å². The molecule has 0 amide bonds. The number of aryl methyl sites for hydroxylation is 1. The Bertz CT molecular complexity index is 307. The van der Waals surface area contributed by atoms with E-state index in [4.69, 9.17) is 10.5 Å². The molecule has 86 valence electrons. The molecule has 0 aliphatic carbocycles. The Kier molecular flexibility index (Phi) is 3.88. The molecule has 1 atom stereocenters. The minimum Gasteiger partial charge on any atom is -0.379 e. The van der Waals surface area contributed by atoms with Gasteiger partial charge in [0.05, 0.1) is 11.8 Å². The lowest BCUT2D eigenvalue weighted by Crippen LogP contribution is -2.34. The topological polar surface area (TPSA) is 53.1 Å². The van der Waals surface area contributed by atoms with Crippen LogP contribution in [0, 0.1) is 0 Å². The van der Waals surface area contributed by atoms with Crippen molar-refractivity contribution in [1.29, 1.82) is 0 Å². The van der Waals surface area contributed by atoms with Crippen LogP contribution in [0.5, 0.6) is 0 Å². The SMILES string of the molecule is COC(C)(C)CC(N)Cc1cnn(C)c1. The van der Waals surface area contributed by atoms with Gasteiger partial charge in [-0.2, -0.15) is 5.10 Å².